The molecular formula is C24H23N3O5. The summed E-state index contributed by atoms with van der Waals surface area (Å²) in [6.07, 6.45) is 0.575. The fraction of sp³-hybridized carbons (Fsp3) is 0.292. The maximum absolute atomic E-state index is 13.0. The molecule has 4 rings (SSSR count). The summed E-state index contributed by atoms with van der Waals surface area (Å²) in [6.45, 7) is 5.41. The lowest BCUT2D eigenvalue weighted by Crippen LogP contribution is -2.49. The van der Waals surface area contributed by atoms with Gasteiger partial charge in [-0.05, 0) is 25.0 Å². The second-order valence-electron chi connectivity index (χ2n) is 7.84. The quantitative estimate of drug-likeness (QED) is 0.412. The lowest BCUT2D eigenvalue weighted by Gasteiger charge is -2.28. The van der Waals surface area contributed by atoms with Crippen LogP contribution < -0.4 is 0 Å². The van der Waals surface area contributed by atoms with Crippen molar-refractivity contribution in [3.8, 4) is 11.4 Å². The van der Waals surface area contributed by atoms with Gasteiger partial charge in [0.15, 0.2) is 6.61 Å². The van der Waals surface area contributed by atoms with Crippen LogP contribution in [0.4, 0.5) is 0 Å². The van der Waals surface area contributed by atoms with E-state index in [1.54, 1.807) is 31.2 Å². The van der Waals surface area contributed by atoms with E-state index in [2.05, 4.69) is 10.1 Å². The number of amides is 2. The normalized spacial score (nSPS) is 14.9. The number of esters is 1. The molecule has 3 aromatic rings. The number of fused-ring (bicyclic) bond motifs is 1. The lowest BCUT2D eigenvalue weighted by atomic mass is 9.97. The zero-order valence-corrected chi connectivity index (χ0v) is 18.1. The molecule has 2 heterocycles. The molecule has 164 valence electrons. The number of nitrogens with zero attached hydrogens (tertiary/aromatic N) is 3. The van der Waals surface area contributed by atoms with Gasteiger partial charge in [-0.3, -0.25) is 14.5 Å². The first-order chi connectivity index (χ1) is 15.4. The van der Waals surface area contributed by atoms with Crippen LogP contribution >= 0.6 is 0 Å². The third-order valence-electron chi connectivity index (χ3n) is 5.64. The van der Waals surface area contributed by atoms with Crippen LogP contribution in [0.1, 0.15) is 52.4 Å². The van der Waals surface area contributed by atoms with E-state index in [1.807, 2.05) is 38.1 Å². The fourth-order valence-corrected chi connectivity index (χ4v) is 3.63. The molecule has 0 fully saturated rings. The van der Waals surface area contributed by atoms with Gasteiger partial charge in [-0.2, -0.15) is 4.98 Å². The minimum absolute atomic E-state index is 0.124. The molecule has 0 saturated heterocycles. The third-order valence-corrected chi connectivity index (χ3v) is 5.64. The first-order valence-corrected chi connectivity index (χ1v) is 10.4. The minimum Gasteiger partial charge on any atom is -0.454 e. The van der Waals surface area contributed by atoms with Crippen LogP contribution in [0.15, 0.2) is 53.1 Å². The molecular weight excluding hydrogens is 410 g/mol. The van der Waals surface area contributed by atoms with E-state index in [9.17, 15) is 14.4 Å². The first-order valence-electron chi connectivity index (χ1n) is 10.4. The highest BCUT2D eigenvalue weighted by Crippen LogP contribution is 2.29. The molecule has 1 aromatic heterocycles. The average Bonchev–Trinajstić information content (AvgIpc) is 3.37. The molecule has 0 bridgehead atoms. The highest BCUT2D eigenvalue weighted by molar-refractivity contribution is 6.22. The average molecular weight is 433 g/mol. The molecule has 8 heteroatoms. The van der Waals surface area contributed by atoms with Crippen molar-refractivity contribution in [1.82, 2.24) is 15.0 Å². The molecule has 1 aliphatic heterocycles. The topological polar surface area (TPSA) is 103 Å². The Labute approximate surface area is 185 Å². The van der Waals surface area contributed by atoms with E-state index >= 15 is 0 Å². The summed E-state index contributed by atoms with van der Waals surface area (Å²) in [5, 5.41) is 3.92. The van der Waals surface area contributed by atoms with Gasteiger partial charge in [0.05, 0.1) is 11.1 Å². The van der Waals surface area contributed by atoms with Gasteiger partial charge >= 0.3 is 5.97 Å². The predicted molar refractivity (Wildman–Crippen MR) is 114 cm³/mol. The van der Waals surface area contributed by atoms with Gasteiger partial charge in [0.1, 0.15) is 6.04 Å². The van der Waals surface area contributed by atoms with Crippen LogP contribution in [0.5, 0.6) is 0 Å². The number of hydrogen-bond acceptors (Lipinski definition) is 7. The number of hydrogen-bond donors (Lipinski definition) is 0. The lowest BCUT2D eigenvalue weighted by molar-refractivity contribution is -0.152. The van der Waals surface area contributed by atoms with E-state index in [1.165, 1.54) is 0 Å². The summed E-state index contributed by atoms with van der Waals surface area (Å²) in [5.41, 5.74) is 2.47. The van der Waals surface area contributed by atoms with Gasteiger partial charge in [0, 0.05) is 5.56 Å². The van der Waals surface area contributed by atoms with Crippen LogP contribution in [0.25, 0.3) is 11.4 Å². The van der Waals surface area contributed by atoms with Gasteiger partial charge in [0.2, 0.25) is 5.82 Å². The SMILES string of the molecule is CC[C@H](C)[C@@H](C(=O)OCc1nc(-c2ccc(C)cc2)no1)N1C(=O)c2ccccc2C1=O. The van der Waals surface area contributed by atoms with Crippen molar-refractivity contribution >= 4 is 17.8 Å². The Morgan fingerprint density at radius 1 is 1.06 bits per heavy atom. The summed E-state index contributed by atoms with van der Waals surface area (Å²) in [5.74, 6) is -1.46. The van der Waals surface area contributed by atoms with Crippen LogP contribution in [0.2, 0.25) is 0 Å². The van der Waals surface area contributed by atoms with Crippen molar-refractivity contribution < 1.29 is 23.6 Å². The maximum Gasteiger partial charge on any atom is 0.330 e. The molecule has 2 atom stereocenters. The Balaban J connectivity index is 1.50. The Bertz CT molecular complexity index is 1130. The maximum atomic E-state index is 13.0. The highest BCUT2D eigenvalue weighted by atomic mass is 16.6. The van der Waals surface area contributed by atoms with Gasteiger partial charge < -0.3 is 9.26 Å². The van der Waals surface area contributed by atoms with Gasteiger partial charge in [-0.1, -0.05) is 67.4 Å². The molecule has 0 aliphatic carbocycles. The molecule has 0 saturated carbocycles. The number of rotatable bonds is 7. The monoisotopic (exact) mass is 433 g/mol. The number of imide groups is 1. The van der Waals surface area contributed by atoms with Gasteiger partial charge in [-0.25, -0.2) is 4.79 Å². The Morgan fingerprint density at radius 3 is 2.28 bits per heavy atom. The van der Waals surface area contributed by atoms with Crippen molar-refractivity contribution in [2.24, 2.45) is 5.92 Å². The molecule has 0 radical (unpaired) electrons. The van der Waals surface area contributed by atoms with Crippen LogP contribution in [-0.2, 0) is 16.1 Å². The van der Waals surface area contributed by atoms with Crippen molar-refractivity contribution in [3.63, 3.8) is 0 Å². The zero-order valence-electron chi connectivity index (χ0n) is 18.1. The molecule has 0 unspecified atom stereocenters. The third kappa shape index (κ3) is 3.91. The smallest absolute Gasteiger partial charge is 0.330 e. The minimum atomic E-state index is -1.05. The number of carbonyl (C=O) groups excluding carboxylic acids is 3. The number of ether oxygens (including phenoxy) is 1. The van der Waals surface area contributed by atoms with Crippen LogP contribution in [0, 0.1) is 12.8 Å². The summed E-state index contributed by atoms with van der Waals surface area (Å²) < 4.78 is 10.6. The van der Waals surface area contributed by atoms with Crippen molar-refractivity contribution in [2.45, 2.75) is 39.8 Å². The molecule has 8 nitrogen and oxygen atoms in total. The number of aromatic nitrogens is 2. The van der Waals surface area contributed by atoms with E-state index < -0.39 is 23.8 Å². The van der Waals surface area contributed by atoms with Gasteiger partial charge in [-0.15, -0.1) is 0 Å². The Hall–Kier alpha value is -3.81. The second-order valence-corrected chi connectivity index (χ2v) is 7.84. The standard InChI is InChI=1S/C24H23N3O5/c1-4-15(3)20(27-22(28)17-7-5-6-8-18(17)23(27)29)24(30)31-13-19-25-21(26-32-19)16-11-9-14(2)10-12-16/h5-12,15,20H,4,13H2,1-3H3/t15-,20-/m0/s1. The highest BCUT2D eigenvalue weighted by Gasteiger charge is 2.45. The van der Waals surface area contributed by atoms with Crippen molar-refractivity contribution in [3.05, 3.63) is 71.1 Å². The molecule has 1 aliphatic rings. The van der Waals surface area contributed by atoms with Crippen molar-refractivity contribution in [1.29, 1.82) is 0 Å². The van der Waals surface area contributed by atoms with Crippen molar-refractivity contribution in [2.75, 3.05) is 0 Å². The summed E-state index contributed by atoms with van der Waals surface area (Å²) >= 11 is 0. The van der Waals surface area contributed by atoms with E-state index in [-0.39, 0.29) is 18.4 Å². The molecule has 0 N–H and O–H groups in total. The molecule has 2 aromatic carbocycles. The van der Waals surface area contributed by atoms with Gasteiger partial charge in [0.25, 0.3) is 17.7 Å². The zero-order chi connectivity index (χ0) is 22.8. The van der Waals surface area contributed by atoms with Crippen LogP contribution in [-0.4, -0.2) is 38.9 Å². The van der Waals surface area contributed by atoms with E-state index in [4.69, 9.17) is 9.26 Å². The second kappa shape index (κ2) is 8.74. The van der Waals surface area contributed by atoms with Crippen LogP contribution in [0.3, 0.4) is 0 Å². The number of benzene rings is 2. The number of carbonyl (C=O) groups is 3. The Morgan fingerprint density at radius 2 is 1.69 bits per heavy atom. The largest absolute Gasteiger partial charge is 0.454 e. The molecule has 2 amide bonds. The predicted octanol–water partition coefficient (Wildman–Crippen LogP) is 3.80. The fourth-order valence-electron chi connectivity index (χ4n) is 3.63. The number of aryl methyl sites for hydroxylation is 1. The summed E-state index contributed by atoms with van der Waals surface area (Å²) in [7, 11) is 0. The molecule has 32 heavy (non-hydrogen) atoms. The summed E-state index contributed by atoms with van der Waals surface area (Å²) in [6, 6.07) is 13.1. The van der Waals surface area contributed by atoms with E-state index in [0.717, 1.165) is 16.0 Å². The first kappa shape index (κ1) is 21.4. The molecule has 0 spiro atoms. The van der Waals surface area contributed by atoms with E-state index in [0.29, 0.717) is 23.4 Å². The Kier molecular flexibility index (Phi) is 5.85. The summed E-state index contributed by atoms with van der Waals surface area (Å²) in [4.78, 5) is 44.0.